The fourth-order valence-electron chi connectivity index (χ4n) is 1.60. The number of nitrogen functional groups attached to an aromatic ring is 1. The van der Waals surface area contributed by atoms with Gasteiger partial charge in [0.2, 0.25) is 0 Å². The van der Waals surface area contributed by atoms with Crippen LogP contribution in [0.2, 0.25) is 10.2 Å². The first-order chi connectivity index (χ1) is 9.60. The normalized spacial score (nSPS) is 10.6. The van der Waals surface area contributed by atoms with Gasteiger partial charge in [-0.05, 0) is 37.3 Å². The summed E-state index contributed by atoms with van der Waals surface area (Å²) in [7, 11) is 0. The number of halogens is 2. The van der Waals surface area contributed by atoms with Crippen LogP contribution >= 0.6 is 35.0 Å². The maximum absolute atomic E-state index is 6.09. The Bertz CT molecular complexity index is 608. The number of rotatable bonds is 5. The fourth-order valence-corrected chi connectivity index (χ4v) is 2.96. The van der Waals surface area contributed by atoms with E-state index in [1.165, 1.54) is 0 Å². The van der Waals surface area contributed by atoms with Gasteiger partial charge in [-0.3, -0.25) is 0 Å². The zero-order valence-corrected chi connectivity index (χ0v) is 13.2. The van der Waals surface area contributed by atoms with Gasteiger partial charge in [0.15, 0.2) is 0 Å². The van der Waals surface area contributed by atoms with Crippen molar-refractivity contribution in [3.8, 4) is 5.75 Å². The molecular formula is C14H14Cl2N2OS. The van der Waals surface area contributed by atoms with Crippen molar-refractivity contribution in [3.05, 3.63) is 46.2 Å². The molecule has 1 heterocycles. The van der Waals surface area contributed by atoms with Gasteiger partial charge in [0.25, 0.3) is 0 Å². The fraction of sp³-hybridized carbons (Fsp3) is 0.214. The minimum absolute atomic E-state index is 0.432. The van der Waals surface area contributed by atoms with Crippen molar-refractivity contribution in [2.24, 2.45) is 0 Å². The molecule has 0 radical (unpaired) electrons. The van der Waals surface area contributed by atoms with Gasteiger partial charge in [0, 0.05) is 16.3 Å². The van der Waals surface area contributed by atoms with Crippen LogP contribution in [-0.4, -0.2) is 11.6 Å². The molecule has 0 amide bonds. The van der Waals surface area contributed by atoms with Gasteiger partial charge in [0.1, 0.15) is 10.9 Å². The molecule has 0 fully saturated rings. The quantitative estimate of drug-likeness (QED) is 0.492. The molecule has 0 atom stereocenters. The minimum Gasteiger partial charge on any atom is -0.494 e. The van der Waals surface area contributed by atoms with E-state index in [9.17, 15) is 0 Å². The van der Waals surface area contributed by atoms with Crippen molar-refractivity contribution in [3.63, 3.8) is 0 Å². The largest absolute Gasteiger partial charge is 0.494 e. The van der Waals surface area contributed by atoms with Crippen LogP contribution in [0.3, 0.4) is 0 Å². The van der Waals surface area contributed by atoms with Crippen LogP contribution in [0.25, 0.3) is 0 Å². The molecule has 1 aromatic carbocycles. The number of nitrogens with zero attached hydrogens (tertiary/aromatic N) is 1. The minimum atomic E-state index is 0.432. The Kier molecular flexibility index (Phi) is 5.40. The Hall–Kier alpha value is -1.10. The predicted molar refractivity (Wildman–Crippen MR) is 85.8 cm³/mol. The summed E-state index contributed by atoms with van der Waals surface area (Å²) < 4.78 is 5.46. The van der Waals surface area contributed by atoms with Crippen molar-refractivity contribution in [2.45, 2.75) is 17.6 Å². The molecule has 2 rings (SSSR count). The topological polar surface area (TPSA) is 48.1 Å². The first-order valence-corrected chi connectivity index (χ1v) is 7.80. The number of hydrogen-bond acceptors (Lipinski definition) is 4. The van der Waals surface area contributed by atoms with E-state index in [2.05, 4.69) is 4.98 Å². The molecule has 0 spiro atoms. The van der Waals surface area contributed by atoms with Crippen LogP contribution in [0.15, 0.2) is 35.2 Å². The van der Waals surface area contributed by atoms with Crippen molar-refractivity contribution >= 4 is 40.7 Å². The lowest BCUT2D eigenvalue weighted by molar-refractivity contribution is 0.339. The van der Waals surface area contributed by atoms with Crippen LogP contribution in [-0.2, 0) is 5.75 Å². The first kappa shape index (κ1) is 15.3. The highest BCUT2D eigenvalue weighted by Crippen LogP contribution is 2.32. The van der Waals surface area contributed by atoms with E-state index in [0.29, 0.717) is 28.2 Å². The Morgan fingerprint density at radius 1 is 1.25 bits per heavy atom. The lowest BCUT2D eigenvalue weighted by Crippen LogP contribution is -1.95. The maximum Gasteiger partial charge on any atom is 0.129 e. The van der Waals surface area contributed by atoms with Gasteiger partial charge in [-0.15, -0.1) is 11.8 Å². The SMILES string of the molecule is CCOc1ccc(N)c(SCc2nc(Cl)ccc2Cl)c1. The van der Waals surface area contributed by atoms with E-state index in [0.717, 1.165) is 16.3 Å². The van der Waals surface area contributed by atoms with E-state index in [1.807, 2.05) is 25.1 Å². The highest BCUT2D eigenvalue weighted by Gasteiger charge is 2.07. The molecule has 0 aliphatic rings. The molecule has 20 heavy (non-hydrogen) atoms. The Morgan fingerprint density at radius 3 is 2.80 bits per heavy atom. The number of pyridine rings is 1. The molecular weight excluding hydrogens is 315 g/mol. The summed E-state index contributed by atoms with van der Waals surface area (Å²) in [5, 5.41) is 1.03. The van der Waals surface area contributed by atoms with Crippen LogP contribution in [0.1, 0.15) is 12.6 Å². The number of hydrogen-bond donors (Lipinski definition) is 1. The molecule has 0 unspecified atom stereocenters. The summed E-state index contributed by atoms with van der Waals surface area (Å²) in [4.78, 5) is 5.16. The Balaban J connectivity index is 2.13. The molecule has 3 nitrogen and oxygen atoms in total. The maximum atomic E-state index is 6.09. The van der Waals surface area contributed by atoms with Crippen molar-refractivity contribution < 1.29 is 4.74 Å². The predicted octanol–water partition coefficient (Wildman–Crippen LogP) is 4.66. The lowest BCUT2D eigenvalue weighted by atomic mass is 10.3. The van der Waals surface area contributed by atoms with Gasteiger partial charge in [0.05, 0.1) is 17.3 Å². The summed E-state index contributed by atoms with van der Waals surface area (Å²) in [6.07, 6.45) is 0. The van der Waals surface area contributed by atoms with E-state index in [1.54, 1.807) is 23.9 Å². The highest BCUT2D eigenvalue weighted by molar-refractivity contribution is 7.98. The number of benzene rings is 1. The molecule has 1 aromatic heterocycles. The number of anilines is 1. The van der Waals surface area contributed by atoms with Gasteiger partial charge < -0.3 is 10.5 Å². The third-order valence-corrected chi connectivity index (χ3v) is 4.18. The number of aromatic nitrogens is 1. The second-order valence-electron chi connectivity index (χ2n) is 3.98. The Labute approximate surface area is 132 Å². The van der Waals surface area contributed by atoms with Crippen molar-refractivity contribution in [1.29, 1.82) is 0 Å². The molecule has 0 aliphatic carbocycles. The van der Waals surface area contributed by atoms with E-state index >= 15 is 0 Å². The van der Waals surface area contributed by atoms with Gasteiger partial charge in [-0.25, -0.2) is 4.98 Å². The summed E-state index contributed by atoms with van der Waals surface area (Å²) in [6, 6.07) is 9.02. The molecule has 0 bridgehead atoms. The number of thioether (sulfide) groups is 1. The van der Waals surface area contributed by atoms with Crippen LogP contribution < -0.4 is 10.5 Å². The van der Waals surface area contributed by atoms with Gasteiger partial charge in [-0.2, -0.15) is 0 Å². The standard InChI is InChI=1S/C14H14Cl2N2OS/c1-2-19-9-3-5-11(17)13(7-9)20-8-12-10(15)4-6-14(16)18-12/h3-7H,2,8,17H2,1H3. The van der Waals surface area contributed by atoms with E-state index in [-0.39, 0.29) is 0 Å². The summed E-state index contributed by atoms with van der Waals surface area (Å²) >= 11 is 13.5. The van der Waals surface area contributed by atoms with E-state index in [4.69, 9.17) is 33.7 Å². The van der Waals surface area contributed by atoms with Crippen molar-refractivity contribution in [1.82, 2.24) is 4.98 Å². The molecule has 2 N–H and O–H groups in total. The molecule has 0 saturated carbocycles. The Morgan fingerprint density at radius 2 is 2.05 bits per heavy atom. The highest BCUT2D eigenvalue weighted by atomic mass is 35.5. The third-order valence-electron chi connectivity index (χ3n) is 2.55. The summed E-state index contributed by atoms with van der Waals surface area (Å²) in [6.45, 7) is 2.56. The monoisotopic (exact) mass is 328 g/mol. The molecule has 0 aliphatic heterocycles. The average Bonchev–Trinajstić information content (AvgIpc) is 2.43. The van der Waals surface area contributed by atoms with Crippen LogP contribution in [0.5, 0.6) is 5.75 Å². The summed E-state index contributed by atoms with van der Waals surface area (Å²) in [5.41, 5.74) is 7.41. The number of nitrogens with two attached hydrogens (primary N) is 1. The molecule has 2 aromatic rings. The number of ether oxygens (including phenoxy) is 1. The van der Waals surface area contributed by atoms with Gasteiger partial charge >= 0.3 is 0 Å². The smallest absolute Gasteiger partial charge is 0.129 e. The molecule has 106 valence electrons. The lowest BCUT2D eigenvalue weighted by Gasteiger charge is -2.09. The van der Waals surface area contributed by atoms with E-state index < -0.39 is 0 Å². The van der Waals surface area contributed by atoms with Gasteiger partial charge in [-0.1, -0.05) is 23.2 Å². The van der Waals surface area contributed by atoms with Crippen LogP contribution in [0.4, 0.5) is 5.69 Å². The second kappa shape index (κ2) is 7.07. The first-order valence-electron chi connectivity index (χ1n) is 6.06. The molecule has 6 heteroatoms. The third kappa shape index (κ3) is 3.95. The zero-order chi connectivity index (χ0) is 14.5. The van der Waals surface area contributed by atoms with Crippen LogP contribution in [0, 0.1) is 0 Å². The summed E-state index contributed by atoms with van der Waals surface area (Å²) in [5.74, 6) is 1.40. The van der Waals surface area contributed by atoms with Crippen molar-refractivity contribution in [2.75, 3.05) is 12.3 Å². The average molecular weight is 329 g/mol. The molecule has 0 saturated heterocycles. The zero-order valence-electron chi connectivity index (χ0n) is 10.9. The second-order valence-corrected chi connectivity index (χ2v) is 5.80.